The third-order valence-electron chi connectivity index (χ3n) is 2.36. The fraction of sp³-hybridized carbons (Fsp3) is 0.500. The summed E-state index contributed by atoms with van der Waals surface area (Å²) in [6, 6.07) is 0. The normalized spacial score (nSPS) is 10.0. The van der Waals surface area contributed by atoms with Gasteiger partial charge >= 0.3 is 11.9 Å². The summed E-state index contributed by atoms with van der Waals surface area (Å²) in [4.78, 5) is 37.8. The zero-order valence-corrected chi connectivity index (χ0v) is 12.6. The third kappa shape index (κ3) is 5.78. The number of amides is 1. The molecule has 0 saturated carbocycles. The van der Waals surface area contributed by atoms with E-state index in [1.165, 1.54) is 0 Å². The first-order chi connectivity index (χ1) is 9.93. The van der Waals surface area contributed by atoms with Crippen LogP contribution in [0.25, 0.3) is 0 Å². The summed E-state index contributed by atoms with van der Waals surface area (Å²) < 4.78 is 4.88. The maximum Gasteiger partial charge on any atom is 0.350 e. The van der Waals surface area contributed by atoms with E-state index in [1.807, 2.05) is 0 Å². The molecule has 116 valence electrons. The van der Waals surface area contributed by atoms with E-state index in [1.54, 1.807) is 13.8 Å². The molecule has 0 saturated heterocycles. The summed E-state index contributed by atoms with van der Waals surface area (Å²) in [5.41, 5.74) is 5.51. The Labute approximate surface area is 125 Å². The number of carbonyl (C=O) groups excluding carboxylic acids is 2. The summed E-state index contributed by atoms with van der Waals surface area (Å²) >= 11 is 1.07. The van der Waals surface area contributed by atoms with Gasteiger partial charge in [0.1, 0.15) is 4.88 Å². The summed E-state index contributed by atoms with van der Waals surface area (Å²) in [6.45, 7) is 3.66. The molecule has 21 heavy (non-hydrogen) atoms. The van der Waals surface area contributed by atoms with Gasteiger partial charge in [-0.1, -0.05) is 11.3 Å². The SMILES string of the molecule is CCOC(=O)c1sc(NNC(=O)CCCC(=O)O)nc1C. The van der Waals surface area contributed by atoms with Gasteiger partial charge in [-0.15, -0.1) is 0 Å². The van der Waals surface area contributed by atoms with Gasteiger partial charge in [0.25, 0.3) is 0 Å². The van der Waals surface area contributed by atoms with Gasteiger partial charge in [0.2, 0.25) is 11.0 Å². The molecule has 1 rings (SSSR count). The summed E-state index contributed by atoms with van der Waals surface area (Å²) in [7, 11) is 0. The highest BCUT2D eigenvalue weighted by molar-refractivity contribution is 7.17. The Balaban J connectivity index is 2.45. The number of hydrazine groups is 1. The topological polar surface area (TPSA) is 118 Å². The van der Waals surface area contributed by atoms with Crippen molar-refractivity contribution in [3.8, 4) is 0 Å². The number of aromatic nitrogens is 1. The molecule has 1 amide bonds. The molecule has 0 radical (unpaired) electrons. The highest BCUT2D eigenvalue weighted by atomic mass is 32.1. The molecule has 9 heteroatoms. The molecule has 0 aliphatic rings. The van der Waals surface area contributed by atoms with Crippen LogP contribution in [-0.2, 0) is 14.3 Å². The number of nitrogens with one attached hydrogen (secondary N) is 2. The van der Waals surface area contributed by atoms with Gasteiger partial charge in [-0.3, -0.25) is 20.4 Å². The van der Waals surface area contributed by atoms with Gasteiger partial charge in [-0.2, -0.15) is 0 Å². The van der Waals surface area contributed by atoms with Crippen LogP contribution < -0.4 is 10.9 Å². The second-order valence-electron chi connectivity index (χ2n) is 4.07. The predicted molar refractivity (Wildman–Crippen MR) is 76.1 cm³/mol. The van der Waals surface area contributed by atoms with Crippen molar-refractivity contribution in [2.24, 2.45) is 0 Å². The van der Waals surface area contributed by atoms with E-state index in [0.29, 0.717) is 15.7 Å². The van der Waals surface area contributed by atoms with Gasteiger partial charge in [0.05, 0.1) is 12.3 Å². The summed E-state index contributed by atoms with van der Waals surface area (Å²) in [5, 5.41) is 8.83. The largest absolute Gasteiger partial charge is 0.481 e. The van der Waals surface area contributed by atoms with Crippen molar-refractivity contribution in [1.29, 1.82) is 0 Å². The number of hydrogen-bond donors (Lipinski definition) is 3. The van der Waals surface area contributed by atoms with E-state index in [0.717, 1.165) is 11.3 Å². The number of anilines is 1. The molecule has 3 N–H and O–H groups in total. The number of thiazole rings is 1. The molecule has 1 aromatic heterocycles. The first kappa shape index (κ1) is 16.9. The Morgan fingerprint density at radius 2 is 2.05 bits per heavy atom. The second-order valence-corrected chi connectivity index (χ2v) is 5.07. The minimum atomic E-state index is -0.939. The van der Waals surface area contributed by atoms with Gasteiger partial charge in [-0.25, -0.2) is 9.78 Å². The molecule has 0 fully saturated rings. The number of hydrogen-bond acceptors (Lipinski definition) is 7. The number of nitrogens with zero attached hydrogens (tertiary/aromatic N) is 1. The fourth-order valence-corrected chi connectivity index (χ4v) is 2.24. The van der Waals surface area contributed by atoms with Crippen molar-refractivity contribution in [2.45, 2.75) is 33.1 Å². The molecule has 1 aromatic rings. The molecule has 8 nitrogen and oxygen atoms in total. The van der Waals surface area contributed by atoms with Crippen LogP contribution in [0.5, 0.6) is 0 Å². The molecule has 0 aliphatic heterocycles. The molecular weight excluding hydrogens is 298 g/mol. The maximum absolute atomic E-state index is 11.6. The van der Waals surface area contributed by atoms with Crippen molar-refractivity contribution in [1.82, 2.24) is 10.4 Å². The van der Waals surface area contributed by atoms with Crippen LogP contribution in [0.4, 0.5) is 5.13 Å². The highest BCUT2D eigenvalue weighted by Gasteiger charge is 2.16. The van der Waals surface area contributed by atoms with Crippen molar-refractivity contribution in [3.63, 3.8) is 0 Å². The summed E-state index contributed by atoms with van der Waals surface area (Å²) in [5.74, 6) is -1.74. The minimum absolute atomic E-state index is 0.0587. The summed E-state index contributed by atoms with van der Waals surface area (Å²) in [6.07, 6.45) is 0.291. The van der Waals surface area contributed by atoms with E-state index < -0.39 is 11.9 Å². The fourth-order valence-electron chi connectivity index (χ4n) is 1.42. The lowest BCUT2D eigenvalue weighted by molar-refractivity contribution is -0.137. The van der Waals surface area contributed by atoms with Crippen LogP contribution in [0.1, 0.15) is 41.6 Å². The number of carbonyl (C=O) groups is 3. The number of esters is 1. The van der Waals surface area contributed by atoms with E-state index in [-0.39, 0.29) is 31.8 Å². The lowest BCUT2D eigenvalue weighted by Crippen LogP contribution is -2.29. The number of ether oxygens (including phenoxy) is 1. The number of carboxylic acid groups (broad SMARTS) is 1. The lowest BCUT2D eigenvalue weighted by Gasteiger charge is -2.04. The van der Waals surface area contributed by atoms with Crippen LogP contribution >= 0.6 is 11.3 Å². The van der Waals surface area contributed by atoms with E-state index in [4.69, 9.17) is 9.84 Å². The van der Waals surface area contributed by atoms with Crippen LogP contribution in [0.3, 0.4) is 0 Å². The zero-order chi connectivity index (χ0) is 15.8. The Hall–Kier alpha value is -2.16. The van der Waals surface area contributed by atoms with Crippen molar-refractivity contribution < 1.29 is 24.2 Å². The molecule has 0 unspecified atom stereocenters. The lowest BCUT2D eigenvalue weighted by atomic mass is 10.2. The van der Waals surface area contributed by atoms with Crippen molar-refractivity contribution >= 4 is 34.3 Å². The zero-order valence-electron chi connectivity index (χ0n) is 11.8. The average molecular weight is 315 g/mol. The smallest absolute Gasteiger partial charge is 0.350 e. The Morgan fingerprint density at radius 3 is 2.67 bits per heavy atom. The van der Waals surface area contributed by atoms with Crippen LogP contribution in [0.15, 0.2) is 0 Å². The molecule has 0 aliphatic carbocycles. The number of rotatable bonds is 8. The molecule has 0 bridgehead atoms. The third-order valence-corrected chi connectivity index (χ3v) is 3.41. The van der Waals surface area contributed by atoms with Gasteiger partial charge in [0, 0.05) is 12.8 Å². The van der Waals surface area contributed by atoms with Gasteiger partial charge < -0.3 is 9.84 Å². The number of aliphatic carboxylic acids is 1. The van der Waals surface area contributed by atoms with Crippen LogP contribution in [0, 0.1) is 6.92 Å². The quantitative estimate of drug-likeness (QED) is 0.489. The van der Waals surface area contributed by atoms with E-state index in [9.17, 15) is 14.4 Å². The van der Waals surface area contributed by atoms with E-state index in [2.05, 4.69) is 15.8 Å². The highest BCUT2D eigenvalue weighted by Crippen LogP contribution is 2.22. The monoisotopic (exact) mass is 315 g/mol. The van der Waals surface area contributed by atoms with Crippen LogP contribution in [-0.4, -0.2) is 34.5 Å². The Morgan fingerprint density at radius 1 is 1.33 bits per heavy atom. The predicted octanol–water partition coefficient (Wildman–Crippen LogP) is 1.33. The molecule has 0 atom stereocenters. The number of carboxylic acids is 1. The minimum Gasteiger partial charge on any atom is -0.481 e. The van der Waals surface area contributed by atoms with Gasteiger partial charge in [0.15, 0.2) is 0 Å². The Kier molecular flexibility index (Phi) is 6.60. The first-order valence-corrected chi connectivity index (χ1v) is 7.16. The molecule has 0 aromatic carbocycles. The Bertz CT molecular complexity index is 529. The van der Waals surface area contributed by atoms with E-state index >= 15 is 0 Å². The molecule has 1 heterocycles. The van der Waals surface area contributed by atoms with Crippen LogP contribution in [0.2, 0.25) is 0 Å². The standard InChI is InChI=1S/C12H17N3O5S/c1-3-20-11(19)10-7(2)13-12(21-10)15-14-8(16)5-4-6-9(17)18/h3-6H2,1-2H3,(H,13,15)(H,14,16)(H,17,18). The average Bonchev–Trinajstić information content (AvgIpc) is 2.77. The first-order valence-electron chi connectivity index (χ1n) is 6.35. The second kappa shape index (κ2) is 8.20. The maximum atomic E-state index is 11.6. The van der Waals surface area contributed by atoms with Crippen molar-refractivity contribution in [2.75, 3.05) is 12.0 Å². The number of aryl methyl sites for hydroxylation is 1. The van der Waals surface area contributed by atoms with Crippen molar-refractivity contribution in [3.05, 3.63) is 10.6 Å². The molecular formula is C12H17N3O5S. The van der Waals surface area contributed by atoms with Gasteiger partial charge in [-0.05, 0) is 20.3 Å². The molecule has 0 spiro atoms.